The van der Waals surface area contributed by atoms with E-state index in [0.717, 1.165) is 16.5 Å². The number of aromatic amines is 1. The molecule has 8 atom stereocenters. The van der Waals surface area contributed by atoms with Gasteiger partial charge in [-0.3, -0.25) is 47.9 Å². The molecule has 0 bridgehead atoms. The number of carbonyl (C=O) groups is 10. The van der Waals surface area contributed by atoms with Crippen LogP contribution in [0.4, 0.5) is 0 Å². The number of hydrogen-bond donors (Lipinski definition) is 10. The third-order valence-electron chi connectivity index (χ3n) is 13.7. The lowest BCUT2D eigenvalue weighted by Gasteiger charge is -2.30. The van der Waals surface area contributed by atoms with Gasteiger partial charge in [0.25, 0.3) is 0 Å². The summed E-state index contributed by atoms with van der Waals surface area (Å²) in [4.78, 5) is 146. The average Bonchev–Trinajstić information content (AvgIpc) is 4.15. The molecule has 0 saturated carbocycles. The molecule has 3 fully saturated rings. The van der Waals surface area contributed by atoms with Crippen LogP contribution in [0.2, 0.25) is 0 Å². The second-order valence-electron chi connectivity index (χ2n) is 19.2. The molecular formula is C49H72N10O11S2. The number of benzene rings is 1. The standard InChI is InChI=1S/C49H72N10O11S2/c1-57(2)19-9-8-14-33-41(62)23-29(22-30-25-51-32-13-7-6-12-31(30)32)45(66)56-36(27-71)40(61)18-5-3-4-15-34(54-48(69)39-17-11-20-58(39)43(64)26-60)46(67)55-35(24-42(63)52-37(28-72)47(68)53-33)49(70)59-21-10-16-38(59)44(50)65/h6-7,12-13,25,29,33-39,51,60,71-72H,3-5,8-11,14-24,26-28H2,1-2H3,(H2,50,65)(H,52,63)(H,53,68)(H,54,69)(H,55,67)(H,56,66)/t29-,33?,34+,35+,36+,37+,38+,39+/m1/s1. The van der Waals surface area contributed by atoms with Gasteiger partial charge in [0.05, 0.1) is 18.5 Å². The van der Waals surface area contributed by atoms with Gasteiger partial charge in [-0.15, -0.1) is 0 Å². The molecule has 3 aliphatic heterocycles. The number of nitrogens with one attached hydrogen (secondary N) is 6. The lowest BCUT2D eigenvalue weighted by molar-refractivity contribution is -0.143. The van der Waals surface area contributed by atoms with Crippen molar-refractivity contribution in [2.45, 2.75) is 139 Å². The number of aliphatic hydroxyl groups is 1. The Morgan fingerprint density at radius 3 is 2.15 bits per heavy atom. The number of thiol groups is 2. The van der Waals surface area contributed by atoms with Crippen molar-refractivity contribution in [3.05, 3.63) is 36.0 Å². The van der Waals surface area contributed by atoms with Crippen molar-refractivity contribution in [2.75, 3.05) is 51.8 Å². The first-order valence-corrected chi connectivity index (χ1v) is 26.2. The minimum atomic E-state index is -1.62. The van der Waals surface area contributed by atoms with Crippen molar-refractivity contribution in [1.82, 2.24) is 46.3 Å². The summed E-state index contributed by atoms with van der Waals surface area (Å²) >= 11 is 8.76. The maximum absolute atomic E-state index is 14.5. The van der Waals surface area contributed by atoms with Crippen molar-refractivity contribution >= 4 is 95.0 Å². The number of ketones is 2. The number of likely N-dealkylation sites (tertiary alicyclic amines) is 2. The van der Waals surface area contributed by atoms with Gasteiger partial charge in [0.2, 0.25) is 47.3 Å². The molecule has 1 unspecified atom stereocenters. The smallest absolute Gasteiger partial charge is 0.248 e. The molecule has 8 amide bonds. The SMILES string of the molecule is CN(C)CCCCC1NC(=O)[C@H](CS)NC(=O)C[C@@H](C(=O)N2CCC[C@H]2C(N)=O)NC(=O)[C@@H](NC(=O)[C@@H]2CCCN2C(=O)CO)CCCCCC(=O)[C@H](CS)NC(=O)[C@H](Cc2c[nH]c3ccccc23)CC1=O. The number of para-hydroxylation sites is 1. The molecule has 0 aliphatic carbocycles. The lowest BCUT2D eigenvalue weighted by atomic mass is 9.89. The Morgan fingerprint density at radius 2 is 1.46 bits per heavy atom. The Hall–Kier alpha value is -5.52. The van der Waals surface area contributed by atoms with Crippen LogP contribution < -0.4 is 32.3 Å². The fraction of sp³-hybridized carbons (Fsp3) is 0.633. The zero-order chi connectivity index (χ0) is 52.5. The second kappa shape index (κ2) is 28.1. The Kier molecular flexibility index (Phi) is 22.4. The van der Waals surface area contributed by atoms with Crippen LogP contribution in [0.5, 0.6) is 0 Å². The molecule has 23 heteroatoms. The van der Waals surface area contributed by atoms with Crippen LogP contribution >= 0.6 is 25.3 Å². The zero-order valence-corrected chi connectivity index (χ0v) is 43.0. The second-order valence-corrected chi connectivity index (χ2v) is 20.0. The molecule has 396 valence electrons. The number of H-pyrrole nitrogens is 1. The molecular weight excluding hydrogens is 969 g/mol. The van der Waals surface area contributed by atoms with Crippen molar-refractivity contribution in [1.29, 1.82) is 0 Å². The molecule has 4 heterocycles. The molecule has 72 heavy (non-hydrogen) atoms. The summed E-state index contributed by atoms with van der Waals surface area (Å²) in [6.07, 6.45) is 4.57. The normalized spacial score (nSPS) is 26.0. The first kappa shape index (κ1) is 57.4. The topological polar surface area (TPSA) is 303 Å². The Morgan fingerprint density at radius 1 is 0.764 bits per heavy atom. The van der Waals surface area contributed by atoms with Gasteiger partial charge in [-0.1, -0.05) is 31.0 Å². The number of carbonyl (C=O) groups excluding carboxylic acids is 10. The molecule has 2 aromatic rings. The van der Waals surface area contributed by atoms with Crippen LogP contribution in [0.25, 0.3) is 10.9 Å². The maximum atomic E-state index is 14.5. The van der Waals surface area contributed by atoms with Gasteiger partial charge in [0, 0.05) is 60.5 Å². The van der Waals surface area contributed by atoms with E-state index >= 15 is 0 Å². The fourth-order valence-corrected chi connectivity index (χ4v) is 10.2. The predicted octanol–water partition coefficient (Wildman–Crippen LogP) is -0.316. The third kappa shape index (κ3) is 16.0. The predicted molar refractivity (Wildman–Crippen MR) is 273 cm³/mol. The average molecular weight is 1040 g/mol. The van der Waals surface area contributed by atoms with E-state index < -0.39 is 114 Å². The maximum Gasteiger partial charge on any atom is 0.248 e. The fourth-order valence-electron chi connectivity index (χ4n) is 9.68. The summed E-state index contributed by atoms with van der Waals surface area (Å²) < 4.78 is 0. The van der Waals surface area contributed by atoms with E-state index in [1.807, 2.05) is 43.3 Å². The number of Topliss-reactive ketones (excluding diaryl/α,β-unsaturated/α-hetero) is 2. The first-order valence-electron chi connectivity index (χ1n) is 24.9. The Balaban J connectivity index is 1.48. The summed E-state index contributed by atoms with van der Waals surface area (Å²) in [6.45, 7) is 0.179. The Labute approximate surface area is 430 Å². The van der Waals surface area contributed by atoms with E-state index in [1.54, 1.807) is 6.20 Å². The zero-order valence-electron chi connectivity index (χ0n) is 41.2. The number of unbranched alkanes of at least 4 members (excludes halogenated alkanes) is 1. The molecule has 0 radical (unpaired) electrons. The molecule has 9 N–H and O–H groups in total. The van der Waals surface area contributed by atoms with Crippen LogP contribution in [0.1, 0.15) is 95.5 Å². The van der Waals surface area contributed by atoms with Crippen molar-refractivity contribution < 1.29 is 53.1 Å². The Bertz CT molecular complexity index is 2280. The largest absolute Gasteiger partial charge is 0.387 e. The molecule has 1 aromatic carbocycles. The van der Waals surface area contributed by atoms with Gasteiger partial charge < -0.3 is 57.1 Å². The number of hydrogen-bond acceptors (Lipinski definition) is 14. The van der Waals surface area contributed by atoms with Gasteiger partial charge in [0.15, 0.2) is 11.6 Å². The number of nitrogens with zero attached hydrogens (tertiary/aromatic N) is 3. The molecule has 21 nitrogen and oxygen atoms in total. The van der Waals surface area contributed by atoms with Gasteiger partial charge in [0.1, 0.15) is 36.8 Å². The van der Waals surface area contributed by atoms with Gasteiger partial charge >= 0.3 is 0 Å². The van der Waals surface area contributed by atoms with E-state index in [4.69, 9.17) is 5.73 Å². The highest BCUT2D eigenvalue weighted by Gasteiger charge is 2.41. The highest BCUT2D eigenvalue weighted by Crippen LogP contribution is 2.25. The van der Waals surface area contributed by atoms with Crippen molar-refractivity contribution in [2.24, 2.45) is 11.7 Å². The number of aromatic nitrogens is 1. The molecule has 5 rings (SSSR count). The monoisotopic (exact) mass is 1040 g/mol. The van der Waals surface area contributed by atoms with E-state index in [2.05, 4.69) is 56.8 Å². The number of fused-ring (bicyclic) bond motifs is 1. The minimum Gasteiger partial charge on any atom is -0.387 e. The van der Waals surface area contributed by atoms with Gasteiger partial charge in [-0.25, -0.2) is 0 Å². The number of nitrogens with two attached hydrogens (primary N) is 1. The molecule has 3 saturated heterocycles. The molecule has 3 aliphatic rings. The number of amides is 8. The van der Waals surface area contributed by atoms with Gasteiger partial charge in [-0.05, 0) is 96.5 Å². The first-order chi connectivity index (χ1) is 34.4. The van der Waals surface area contributed by atoms with E-state index in [-0.39, 0.29) is 81.7 Å². The van der Waals surface area contributed by atoms with Crippen molar-refractivity contribution in [3.63, 3.8) is 0 Å². The van der Waals surface area contributed by atoms with E-state index in [0.29, 0.717) is 45.1 Å². The summed E-state index contributed by atoms with van der Waals surface area (Å²) in [5, 5.41) is 24.0. The summed E-state index contributed by atoms with van der Waals surface area (Å²) in [5.41, 5.74) is 7.25. The lowest BCUT2D eigenvalue weighted by Crippen LogP contribution is -2.59. The molecule has 1 aromatic heterocycles. The van der Waals surface area contributed by atoms with Crippen LogP contribution in [0.15, 0.2) is 30.5 Å². The van der Waals surface area contributed by atoms with E-state index in [9.17, 15) is 53.1 Å². The highest BCUT2D eigenvalue weighted by atomic mass is 32.1. The van der Waals surface area contributed by atoms with Crippen LogP contribution in [0, 0.1) is 5.92 Å². The van der Waals surface area contributed by atoms with Gasteiger partial charge in [-0.2, -0.15) is 25.3 Å². The number of rotatable bonds is 14. The highest BCUT2D eigenvalue weighted by molar-refractivity contribution is 7.80. The molecule has 0 spiro atoms. The quantitative estimate of drug-likeness (QED) is 0.0861. The number of primary amides is 1. The minimum absolute atomic E-state index is 0.0109. The van der Waals surface area contributed by atoms with E-state index in [1.165, 1.54) is 9.80 Å². The van der Waals surface area contributed by atoms with Crippen LogP contribution in [-0.4, -0.2) is 178 Å². The van der Waals surface area contributed by atoms with Crippen molar-refractivity contribution in [3.8, 4) is 0 Å². The summed E-state index contributed by atoms with van der Waals surface area (Å²) in [5.74, 6) is -8.02. The number of aliphatic hydroxyl groups excluding tert-OH is 1. The summed E-state index contributed by atoms with van der Waals surface area (Å²) in [6, 6.07) is -0.941. The summed E-state index contributed by atoms with van der Waals surface area (Å²) in [7, 11) is 3.82. The van der Waals surface area contributed by atoms with Crippen LogP contribution in [0.3, 0.4) is 0 Å². The third-order valence-corrected chi connectivity index (χ3v) is 14.4. The van der Waals surface area contributed by atoms with Crippen LogP contribution in [-0.2, 0) is 54.4 Å².